The van der Waals surface area contributed by atoms with E-state index < -0.39 is 0 Å². The molecule has 2 heterocycles. The van der Waals surface area contributed by atoms with Crippen LogP contribution in [0.4, 0.5) is 5.82 Å². The maximum absolute atomic E-state index is 13.2. The van der Waals surface area contributed by atoms with Gasteiger partial charge in [-0.25, -0.2) is 4.68 Å². The highest BCUT2D eigenvalue weighted by molar-refractivity contribution is 6.12. The van der Waals surface area contributed by atoms with E-state index in [1.807, 2.05) is 73.7 Å². The summed E-state index contributed by atoms with van der Waals surface area (Å²) in [5.74, 6) is 0.814. The van der Waals surface area contributed by atoms with Crippen LogP contribution in [0, 0.1) is 13.8 Å². The van der Waals surface area contributed by atoms with Crippen molar-refractivity contribution >= 4 is 36.1 Å². The Morgan fingerprint density at radius 1 is 0.818 bits per heavy atom. The van der Waals surface area contributed by atoms with Crippen molar-refractivity contribution in [3.8, 4) is 22.9 Å². The molecule has 2 aromatic heterocycles. The lowest BCUT2D eigenvalue weighted by molar-refractivity contribution is -0.0987. The second-order valence-corrected chi connectivity index (χ2v) is 9.55. The number of carbonyl (C=O) groups excluding carboxylic acids is 3. The lowest BCUT2D eigenvalue weighted by atomic mass is 10.1. The number of aromatic nitrogens is 3. The summed E-state index contributed by atoms with van der Waals surface area (Å²) in [5, 5.41) is 15.7. The fraction of sp³-hybridized carbons (Fsp3) is 0.0857. The second kappa shape index (κ2) is 15.3. The molecule has 44 heavy (non-hydrogen) atoms. The fourth-order valence-corrected chi connectivity index (χ4v) is 4.36. The standard InChI is InChI=1S/C25H20N4O3.C8H10.2CH2O/c1-28-20-10-6-5-7-16(20)13-21(28)24(31)19-15-27-29(25(19)26)17-11-12-23(22(30)14-17)32-18-8-3-2-4-9-18;1-7-3-5-8(2)6-4-7;2*1-2/h2-15,30H,26H2,1H3;3-6H,1-2H3;2*1H2. The number of ether oxygens (including phenoxy) is 1. The van der Waals surface area contributed by atoms with Crippen LogP contribution in [0.15, 0.2) is 109 Å². The van der Waals surface area contributed by atoms with Crippen LogP contribution in [0.25, 0.3) is 16.6 Å². The first-order chi connectivity index (χ1) is 21.3. The van der Waals surface area contributed by atoms with Crippen molar-refractivity contribution in [3.63, 3.8) is 0 Å². The quantitative estimate of drug-likeness (QED) is 0.216. The Hall–Kier alpha value is -5.96. The number of aryl methyl sites for hydroxylation is 3. The number of nitrogens with two attached hydrogens (primary N) is 1. The number of nitrogens with zero attached hydrogens (tertiary/aromatic N) is 3. The summed E-state index contributed by atoms with van der Waals surface area (Å²) < 4.78 is 8.97. The first-order valence-corrected chi connectivity index (χ1v) is 13.4. The Morgan fingerprint density at radius 3 is 2.00 bits per heavy atom. The number of carbonyl (C=O) groups is 3. The van der Waals surface area contributed by atoms with E-state index >= 15 is 0 Å². The zero-order valence-corrected chi connectivity index (χ0v) is 24.8. The van der Waals surface area contributed by atoms with Gasteiger partial charge in [-0.1, -0.05) is 71.8 Å². The number of fused-ring (bicyclic) bond motifs is 1. The van der Waals surface area contributed by atoms with Gasteiger partial charge in [0.25, 0.3) is 0 Å². The Morgan fingerprint density at radius 2 is 1.41 bits per heavy atom. The van der Waals surface area contributed by atoms with Gasteiger partial charge in [0.2, 0.25) is 5.78 Å². The molecule has 0 amide bonds. The number of ketones is 1. The van der Waals surface area contributed by atoms with E-state index in [1.165, 1.54) is 28.1 Å². The van der Waals surface area contributed by atoms with Gasteiger partial charge >= 0.3 is 0 Å². The van der Waals surface area contributed by atoms with Crippen LogP contribution < -0.4 is 10.5 Å². The molecule has 0 spiro atoms. The topological polar surface area (TPSA) is 129 Å². The highest BCUT2D eigenvalue weighted by Crippen LogP contribution is 2.33. The number of para-hydroxylation sites is 2. The van der Waals surface area contributed by atoms with Crippen molar-refractivity contribution in [2.45, 2.75) is 13.8 Å². The molecule has 9 heteroatoms. The largest absolute Gasteiger partial charge is 0.504 e. The monoisotopic (exact) mass is 590 g/mol. The van der Waals surface area contributed by atoms with E-state index in [0.717, 1.165) is 10.9 Å². The van der Waals surface area contributed by atoms with E-state index in [1.54, 1.807) is 24.3 Å². The molecule has 0 radical (unpaired) electrons. The summed E-state index contributed by atoms with van der Waals surface area (Å²) in [6.45, 7) is 8.19. The van der Waals surface area contributed by atoms with Crippen molar-refractivity contribution in [1.29, 1.82) is 0 Å². The molecule has 0 fully saturated rings. The van der Waals surface area contributed by atoms with Gasteiger partial charge in [0.1, 0.15) is 25.1 Å². The zero-order valence-electron chi connectivity index (χ0n) is 24.8. The lowest BCUT2D eigenvalue weighted by Crippen LogP contribution is -2.10. The molecule has 4 aromatic carbocycles. The van der Waals surface area contributed by atoms with Gasteiger partial charge in [-0.2, -0.15) is 5.10 Å². The number of anilines is 1. The van der Waals surface area contributed by atoms with Gasteiger partial charge in [0.05, 0.1) is 23.1 Å². The molecule has 0 aliphatic carbocycles. The third kappa shape index (κ3) is 7.46. The van der Waals surface area contributed by atoms with E-state index in [4.69, 9.17) is 20.1 Å². The average molecular weight is 591 g/mol. The summed E-state index contributed by atoms with van der Waals surface area (Å²) in [6, 6.07) is 32.1. The van der Waals surface area contributed by atoms with Crippen LogP contribution in [0.1, 0.15) is 27.2 Å². The molecule has 3 N–H and O–H groups in total. The number of phenolic OH excluding ortho intramolecular Hbond substituents is 1. The maximum Gasteiger partial charge on any atom is 0.214 e. The van der Waals surface area contributed by atoms with E-state index in [-0.39, 0.29) is 17.4 Å². The van der Waals surface area contributed by atoms with Crippen LogP contribution in [-0.2, 0) is 16.6 Å². The van der Waals surface area contributed by atoms with Gasteiger partial charge in [-0.05, 0) is 50.2 Å². The number of rotatable bonds is 5. The van der Waals surface area contributed by atoms with Crippen molar-refractivity contribution in [1.82, 2.24) is 14.3 Å². The van der Waals surface area contributed by atoms with Crippen LogP contribution in [0.3, 0.4) is 0 Å². The van der Waals surface area contributed by atoms with Crippen molar-refractivity contribution in [3.05, 3.63) is 132 Å². The van der Waals surface area contributed by atoms with Gasteiger partial charge in [0.15, 0.2) is 11.5 Å². The number of hydrogen-bond acceptors (Lipinski definition) is 7. The molecule has 6 rings (SSSR count). The number of aromatic hydroxyl groups is 1. The maximum atomic E-state index is 13.2. The molecule has 224 valence electrons. The van der Waals surface area contributed by atoms with Crippen LogP contribution in [0.5, 0.6) is 17.2 Å². The van der Waals surface area contributed by atoms with Crippen molar-refractivity contribution in [2.24, 2.45) is 7.05 Å². The summed E-state index contributed by atoms with van der Waals surface area (Å²) >= 11 is 0. The molecule has 0 bridgehead atoms. The summed E-state index contributed by atoms with van der Waals surface area (Å²) in [5.41, 5.74) is 11.2. The van der Waals surface area contributed by atoms with Crippen LogP contribution in [0.2, 0.25) is 0 Å². The van der Waals surface area contributed by atoms with Gasteiger partial charge in [-0.3, -0.25) is 4.79 Å². The Kier molecular flexibility index (Phi) is 11.3. The normalized spacial score (nSPS) is 9.89. The Bertz CT molecular complexity index is 1800. The summed E-state index contributed by atoms with van der Waals surface area (Å²) in [4.78, 5) is 29.2. The molecule has 9 nitrogen and oxygen atoms in total. The third-order valence-corrected chi connectivity index (χ3v) is 6.61. The predicted octanol–water partition coefficient (Wildman–Crippen LogP) is 6.61. The van der Waals surface area contributed by atoms with Gasteiger partial charge < -0.3 is 29.7 Å². The zero-order chi connectivity index (χ0) is 32.2. The summed E-state index contributed by atoms with van der Waals surface area (Å²) in [7, 11) is 1.85. The average Bonchev–Trinajstić information content (AvgIpc) is 3.61. The molecule has 0 unspecified atom stereocenters. The number of hydrogen-bond donors (Lipinski definition) is 2. The van der Waals surface area contributed by atoms with E-state index in [2.05, 4.69) is 43.2 Å². The van der Waals surface area contributed by atoms with Gasteiger partial charge in [-0.15, -0.1) is 0 Å². The minimum Gasteiger partial charge on any atom is -0.504 e. The molecule has 0 saturated carbocycles. The van der Waals surface area contributed by atoms with Crippen LogP contribution >= 0.6 is 0 Å². The molecule has 6 aromatic rings. The molecule has 0 saturated heterocycles. The van der Waals surface area contributed by atoms with Crippen LogP contribution in [-0.4, -0.2) is 38.8 Å². The smallest absolute Gasteiger partial charge is 0.214 e. The number of nitrogen functional groups attached to an aromatic ring is 1. The first-order valence-electron chi connectivity index (χ1n) is 13.4. The lowest BCUT2D eigenvalue weighted by Gasteiger charge is -2.10. The molecular formula is C35H34N4O5. The predicted molar refractivity (Wildman–Crippen MR) is 173 cm³/mol. The highest BCUT2D eigenvalue weighted by Gasteiger charge is 2.21. The molecule has 0 atom stereocenters. The Balaban J connectivity index is 0.000000376. The second-order valence-electron chi connectivity index (χ2n) is 9.55. The minimum absolute atomic E-state index is 0.0668. The number of benzene rings is 4. The summed E-state index contributed by atoms with van der Waals surface area (Å²) in [6.07, 6.45) is 1.45. The van der Waals surface area contributed by atoms with Gasteiger partial charge in [0, 0.05) is 24.0 Å². The SMILES string of the molecule is C=O.C=O.Cc1ccc(C)cc1.Cn1c(C(=O)c2cnn(-c3ccc(Oc4ccccc4)c(O)c3)c2N)cc2ccccc21. The fourth-order valence-electron chi connectivity index (χ4n) is 4.36. The third-order valence-electron chi connectivity index (χ3n) is 6.61. The van der Waals surface area contributed by atoms with E-state index in [9.17, 15) is 9.90 Å². The van der Waals surface area contributed by atoms with Crippen molar-refractivity contribution in [2.75, 3.05) is 5.73 Å². The Labute approximate surface area is 255 Å². The molecule has 0 aliphatic heterocycles. The number of phenols is 1. The first kappa shape index (κ1) is 32.6. The van der Waals surface area contributed by atoms with E-state index in [0.29, 0.717) is 28.4 Å². The molecule has 0 aliphatic rings. The van der Waals surface area contributed by atoms with Crippen molar-refractivity contribution < 1.29 is 24.2 Å². The highest BCUT2D eigenvalue weighted by atomic mass is 16.5. The molecular weight excluding hydrogens is 556 g/mol. The minimum atomic E-state index is -0.222.